The van der Waals surface area contributed by atoms with Crippen LogP contribution in [0.5, 0.6) is 0 Å². The van der Waals surface area contributed by atoms with E-state index < -0.39 is 5.76 Å². The molecule has 3 rings (SSSR count). The lowest BCUT2D eigenvalue weighted by molar-refractivity contribution is 0.555. The Labute approximate surface area is 86.1 Å². The zero-order valence-electron chi connectivity index (χ0n) is 8.25. The average molecular weight is 204 g/mol. The van der Waals surface area contributed by atoms with Gasteiger partial charge in [-0.05, 0) is 30.5 Å². The molecule has 3 N–H and O–H groups in total. The zero-order chi connectivity index (χ0) is 10.5. The SMILES string of the molecule is NCC1(c2ccc3oc(=O)[nH]c3c2)CC1. The van der Waals surface area contributed by atoms with Crippen LogP contribution in [-0.2, 0) is 5.41 Å². The monoisotopic (exact) mass is 204 g/mol. The second-order valence-electron chi connectivity index (χ2n) is 4.21. The number of aromatic amines is 1. The van der Waals surface area contributed by atoms with E-state index >= 15 is 0 Å². The predicted octanol–water partition coefficient (Wildman–Crippen LogP) is 1.11. The molecule has 1 saturated carbocycles. The molecule has 2 aromatic rings. The first-order chi connectivity index (χ1) is 7.23. The number of benzene rings is 1. The molecule has 0 aliphatic heterocycles. The molecule has 1 aliphatic carbocycles. The van der Waals surface area contributed by atoms with Crippen molar-refractivity contribution in [1.29, 1.82) is 0 Å². The molecule has 0 unspecified atom stereocenters. The van der Waals surface area contributed by atoms with Gasteiger partial charge in [0, 0.05) is 12.0 Å². The second-order valence-corrected chi connectivity index (χ2v) is 4.21. The molecule has 78 valence electrons. The molecule has 15 heavy (non-hydrogen) atoms. The van der Waals surface area contributed by atoms with Gasteiger partial charge in [-0.2, -0.15) is 0 Å². The number of aromatic nitrogens is 1. The largest absolute Gasteiger partial charge is 0.417 e. The highest BCUT2D eigenvalue weighted by molar-refractivity contribution is 5.73. The highest BCUT2D eigenvalue weighted by atomic mass is 16.4. The van der Waals surface area contributed by atoms with Gasteiger partial charge in [0.25, 0.3) is 0 Å². The third-order valence-corrected chi connectivity index (χ3v) is 3.28. The van der Waals surface area contributed by atoms with Crippen molar-refractivity contribution in [3.05, 3.63) is 34.3 Å². The van der Waals surface area contributed by atoms with Crippen LogP contribution in [0, 0.1) is 0 Å². The second kappa shape index (κ2) is 2.73. The van der Waals surface area contributed by atoms with Gasteiger partial charge < -0.3 is 10.2 Å². The number of oxazole rings is 1. The Morgan fingerprint density at radius 3 is 2.93 bits per heavy atom. The van der Waals surface area contributed by atoms with Gasteiger partial charge in [-0.25, -0.2) is 4.79 Å². The molecule has 1 heterocycles. The van der Waals surface area contributed by atoms with Crippen molar-refractivity contribution in [3.63, 3.8) is 0 Å². The first-order valence-corrected chi connectivity index (χ1v) is 5.07. The maximum absolute atomic E-state index is 11.0. The molecular weight excluding hydrogens is 192 g/mol. The lowest BCUT2D eigenvalue weighted by atomic mass is 9.96. The van der Waals surface area contributed by atoms with Crippen LogP contribution in [0.2, 0.25) is 0 Å². The lowest BCUT2D eigenvalue weighted by Gasteiger charge is -2.11. The van der Waals surface area contributed by atoms with E-state index in [1.165, 1.54) is 5.56 Å². The Kier molecular flexibility index (Phi) is 1.59. The van der Waals surface area contributed by atoms with Gasteiger partial charge in [0.15, 0.2) is 5.58 Å². The van der Waals surface area contributed by atoms with Crippen molar-refractivity contribution >= 4 is 11.1 Å². The normalized spacial score (nSPS) is 18.2. The highest BCUT2D eigenvalue weighted by Gasteiger charge is 2.42. The van der Waals surface area contributed by atoms with E-state index in [1.54, 1.807) is 0 Å². The van der Waals surface area contributed by atoms with E-state index in [-0.39, 0.29) is 5.41 Å². The van der Waals surface area contributed by atoms with Crippen LogP contribution in [0.15, 0.2) is 27.4 Å². The fourth-order valence-electron chi connectivity index (χ4n) is 2.04. The standard InChI is InChI=1S/C11H12N2O2/c12-6-11(3-4-11)7-1-2-9-8(5-7)13-10(14)15-9/h1-2,5H,3-4,6,12H2,(H,13,14). The molecule has 0 atom stereocenters. The minimum atomic E-state index is -0.403. The summed E-state index contributed by atoms with van der Waals surface area (Å²) in [6, 6.07) is 5.80. The van der Waals surface area contributed by atoms with Crippen molar-refractivity contribution in [2.45, 2.75) is 18.3 Å². The quantitative estimate of drug-likeness (QED) is 0.769. The third-order valence-electron chi connectivity index (χ3n) is 3.28. The first-order valence-electron chi connectivity index (χ1n) is 5.07. The summed E-state index contributed by atoms with van der Waals surface area (Å²) in [5.74, 6) is -0.403. The summed E-state index contributed by atoms with van der Waals surface area (Å²) in [5, 5.41) is 0. The number of nitrogens with one attached hydrogen (secondary N) is 1. The summed E-state index contributed by atoms with van der Waals surface area (Å²) in [4.78, 5) is 13.6. The number of H-pyrrole nitrogens is 1. The fourth-order valence-corrected chi connectivity index (χ4v) is 2.04. The summed E-state index contributed by atoms with van der Waals surface area (Å²) in [6.07, 6.45) is 2.27. The van der Waals surface area contributed by atoms with Gasteiger partial charge in [0.05, 0.1) is 5.52 Å². The van der Waals surface area contributed by atoms with E-state index in [0.717, 1.165) is 18.4 Å². The van der Waals surface area contributed by atoms with Crippen molar-refractivity contribution in [1.82, 2.24) is 4.98 Å². The van der Waals surface area contributed by atoms with Gasteiger partial charge in [-0.3, -0.25) is 4.98 Å². The van der Waals surface area contributed by atoms with Crippen molar-refractivity contribution in [2.24, 2.45) is 5.73 Å². The van der Waals surface area contributed by atoms with Gasteiger partial charge >= 0.3 is 5.76 Å². The van der Waals surface area contributed by atoms with Crippen LogP contribution < -0.4 is 11.5 Å². The molecule has 1 aromatic heterocycles. The highest BCUT2D eigenvalue weighted by Crippen LogP contribution is 2.47. The fraction of sp³-hybridized carbons (Fsp3) is 0.364. The Bertz CT molecular complexity index is 563. The predicted molar refractivity (Wildman–Crippen MR) is 56.8 cm³/mol. The van der Waals surface area contributed by atoms with Gasteiger partial charge in [-0.15, -0.1) is 0 Å². The van der Waals surface area contributed by atoms with Gasteiger partial charge in [0.1, 0.15) is 0 Å². The van der Waals surface area contributed by atoms with Crippen molar-refractivity contribution in [3.8, 4) is 0 Å². The molecule has 1 fully saturated rings. The molecule has 0 amide bonds. The van der Waals surface area contributed by atoms with E-state index in [1.807, 2.05) is 18.2 Å². The van der Waals surface area contributed by atoms with Crippen LogP contribution in [-0.4, -0.2) is 11.5 Å². The Morgan fingerprint density at radius 2 is 2.27 bits per heavy atom. The summed E-state index contributed by atoms with van der Waals surface area (Å²) in [7, 11) is 0. The van der Waals surface area contributed by atoms with Crippen LogP contribution in [0.1, 0.15) is 18.4 Å². The molecule has 0 spiro atoms. The summed E-state index contributed by atoms with van der Waals surface area (Å²) in [5.41, 5.74) is 8.48. The Hall–Kier alpha value is -1.55. The minimum absolute atomic E-state index is 0.155. The number of hydrogen-bond donors (Lipinski definition) is 2. The number of hydrogen-bond acceptors (Lipinski definition) is 3. The number of nitrogens with two attached hydrogens (primary N) is 1. The molecule has 0 radical (unpaired) electrons. The number of fused-ring (bicyclic) bond motifs is 1. The van der Waals surface area contributed by atoms with E-state index in [4.69, 9.17) is 10.2 Å². The molecule has 0 saturated heterocycles. The van der Waals surface area contributed by atoms with E-state index in [0.29, 0.717) is 12.1 Å². The van der Waals surface area contributed by atoms with Gasteiger partial charge in [0.2, 0.25) is 0 Å². The topological polar surface area (TPSA) is 72.0 Å². The van der Waals surface area contributed by atoms with E-state index in [9.17, 15) is 4.79 Å². The van der Waals surface area contributed by atoms with Crippen LogP contribution in [0.3, 0.4) is 0 Å². The van der Waals surface area contributed by atoms with E-state index in [2.05, 4.69) is 4.98 Å². The lowest BCUT2D eigenvalue weighted by Crippen LogP contribution is -2.19. The summed E-state index contributed by atoms with van der Waals surface area (Å²) >= 11 is 0. The molecule has 1 aromatic carbocycles. The Morgan fingerprint density at radius 1 is 1.47 bits per heavy atom. The van der Waals surface area contributed by atoms with Crippen LogP contribution in [0.4, 0.5) is 0 Å². The van der Waals surface area contributed by atoms with Crippen LogP contribution in [0.25, 0.3) is 11.1 Å². The average Bonchev–Trinajstić information content (AvgIpc) is 2.94. The molecule has 4 heteroatoms. The third kappa shape index (κ3) is 1.22. The maximum Gasteiger partial charge on any atom is 0.417 e. The number of rotatable bonds is 2. The summed E-state index contributed by atoms with van der Waals surface area (Å²) < 4.78 is 4.95. The van der Waals surface area contributed by atoms with Gasteiger partial charge in [-0.1, -0.05) is 6.07 Å². The molecule has 1 aliphatic rings. The van der Waals surface area contributed by atoms with Crippen molar-refractivity contribution < 1.29 is 4.42 Å². The minimum Gasteiger partial charge on any atom is -0.408 e. The smallest absolute Gasteiger partial charge is 0.408 e. The zero-order valence-corrected chi connectivity index (χ0v) is 8.25. The van der Waals surface area contributed by atoms with Crippen molar-refractivity contribution in [2.75, 3.05) is 6.54 Å². The molecule has 0 bridgehead atoms. The maximum atomic E-state index is 11.0. The summed E-state index contributed by atoms with van der Waals surface area (Å²) in [6.45, 7) is 0.667. The first kappa shape index (κ1) is 8.73. The van der Waals surface area contributed by atoms with Crippen LogP contribution >= 0.6 is 0 Å². The Balaban J connectivity index is 2.17. The molecular formula is C11H12N2O2. The molecule has 4 nitrogen and oxygen atoms in total.